The maximum atomic E-state index is 11.5. The molecule has 0 saturated carbocycles. The summed E-state index contributed by atoms with van der Waals surface area (Å²) < 4.78 is 11.8. The topological polar surface area (TPSA) is 55.8 Å². The smallest absolute Gasteiger partial charge is 0.335 e. The van der Waals surface area contributed by atoms with Gasteiger partial charge in [0.2, 0.25) is 0 Å². The van der Waals surface area contributed by atoms with Crippen LogP contribution < -0.4 is 9.47 Å². The molecule has 0 atom stereocenters. The Hall–Kier alpha value is -2.75. The van der Waals surface area contributed by atoms with Gasteiger partial charge in [0.05, 0.1) is 12.2 Å². The third-order valence-electron chi connectivity index (χ3n) is 4.13. The number of hydrogen-bond donors (Lipinski definition) is 1. The third-order valence-corrected chi connectivity index (χ3v) is 4.13. The largest absolute Gasteiger partial charge is 0.493 e. The van der Waals surface area contributed by atoms with Gasteiger partial charge in [0.1, 0.15) is 18.1 Å². The molecule has 0 bridgehead atoms. The Labute approximate surface area is 155 Å². The van der Waals surface area contributed by atoms with Crippen molar-refractivity contribution in [3.05, 3.63) is 64.7 Å². The first kappa shape index (κ1) is 19.6. The van der Waals surface area contributed by atoms with E-state index in [4.69, 9.17) is 9.47 Å². The SMILES string of the molecule is CC=C(C(=O)O)c1ccccc1COc1cc(C)cc(OCCC)c1C. The fourth-order valence-electron chi connectivity index (χ4n) is 2.76. The van der Waals surface area contributed by atoms with Gasteiger partial charge in [-0.3, -0.25) is 0 Å². The van der Waals surface area contributed by atoms with E-state index in [9.17, 15) is 9.90 Å². The molecule has 0 fully saturated rings. The second kappa shape index (κ2) is 9.09. The van der Waals surface area contributed by atoms with Crippen LogP contribution in [0.3, 0.4) is 0 Å². The van der Waals surface area contributed by atoms with Crippen LogP contribution in [0.5, 0.6) is 11.5 Å². The summed E-state index contributed by atoms with van der Waals surface area (Å²) in [5.41, 5.74) is 3.79. The molecule has 138 valence electrons. The normalized spacial score (nSPS) is 11.3. The number of benzene rings is 2. The number of carbonyl (C=O) groups is 1. The molecule has 0 amide bonds. The molecule has 2 aromatic rings. The first-order valence-electron chi connectivity index (χ1n) is 8.82. The van der Waals surface area contributed by atoms with Gasteiger partial charge in [-0.1, -0.05) is 37.3 Å². The molecule has 2 rings (SSSR count). The highest BCUT2D eigenvalue weighted by atomic mass is 16.5. The average molecular weight is 354 g/mol. The summed E-state index contributed by atoms with van der Waals surface area (Å²) in [6.45, 7) is 8.72. The van der Waals surface area contributed by atoms with Gasteiger partial charge in [0.15, 0.2) is 0 Å². The Morgan fingerprint density at radius 1 is 1.12 bits per heavy atom. The number of hydrogen-bond acceptors (Lipinski definition) is 3. The Kier molecular flexibility index (Phi) is 6.84. The summed E-state index contributed by atoms with van der Waals surface area (Å²) in [6.07, 6.45) is 2.55. The van der Waals surface area contributed by atoms with Gasteiger partial charge in [0, 0.05) is 5.56 Å². The molecule has 1 N–H and O–H groups in total. The number of aryl methyl sites for hydroxylation is 1. The van der Waals surface area contributed by atoms with Gasteiger partial charge in [-0.25, -0.2) is 4.79 Å². The van der Waals surface area contributed by atoms with Crippen molar-refractivity contribution < 1.29 is 19.4 Å². The molecule has 4 nitrogen and oxygen atoms in total. The molecule has 0 aromatic heterocycles. The number of carboxylic acid groups (broad SMARTS) is 1. The van der Waals surface area contributed by atoms with Crippen LogP contribution in [-0.4, -0.2) is 17.7 Å². The summed E-state index contributed by atoms with van der Waals surface area (Å²) in [5.74, 6) is 0.639. The molecule has 4 heteroatoms. The highest BCUT2D eigenvalue weighted by Gasteiger charge is 2.14. The zero-order chi connectivity index (χ0) is 19.1. The predicted octanol–water partition coefficient (Wildman–Crippen LogP) is 5.16. The highest BCUT2D eigenvalue weighted by Crippen LogP contribution is 2.31. The molecule has 0 saturated heterocycles. The van der Waals surface area contributed by atoms with E-state index in [0.717, 1.165) is 34.6 Å². The summed E-state index contributed by atoms with van der Waals surface area (Å²) in [5, 5.41) is 9.41. The Balaban J connectivity index is 2.27. The second-order valence-corrected chi connectivity index (χ2v) is 6.19. The lowest BCUT2D eigenvalue weighted by atomic mass is 10.00. The van der Waals surface area contributed by atoms with Gasteiger partial charge in [-0.2, -0.15) is 0 Å². The van der Waals surface area contributed by atoms with Crippen LogP contribution in [0.15, 0.2) is 42.5 Å². The first-order chi connectivity index (χ1) is 12.5. The van der Waals surface area contributed by atoms with Crippen LogP contribution in [-0.2, 0) is 11.4 Å². The quantitative estimate of drug-likeness (QED) is 0.665. The maximum absolute atomic E-state index is 11.5. The van der Waals surface area contributed by atoms with Crippen LogP contribution in [0.25, 0.3) is 5.57 Å². The van der Waals surface area contributed by atoms with Crippen LogP contribution >= 0.6 is 0 Å². The van der Waals surface area contributed by atoms with E-state index in [1.54, 1.807) is 19.1 Å². The summed E-state index contributed by atoms with van der Waals surface area (Å²) in [6, 6.07) is 11.4. The maximum Gasteiger partial charge on any atom is 0.335 e. The molecule has 0 heterocycles. The Morgan fingerprint density at radius 3 is 2.38 bits per heavy atom. The van der Waals surface area contributed by atoms with E-state index in [1.165, 1.54) is 0 Å². The summed E-state index contributed by atoms with van der Waals surface area (Å²) >= 11 is 0. The lowest BCUT2D eigenvalue weighted by Gasteiger charge is -2.16. The van der Waals surface area contributed by atoms with Crippen LogP contribution in [0.2, 0.25) is 0 Å². The Morgan fingerprint density at radius 2 is 1.77 bits per heavy atom. The van der Waals surface area contributed by atoms with Crippen molar-refractivity contribution in [1.82, 2.24) is 0 Å². The molecule has 0 aliphatic carbocycles. The van der Waals surface area contributed by atoms with Crippen LogP contribution in [0, 0.1) is 13.8 Å². The van der Waals surface area contributed by atoms with Crippen molar-refractivity contribution in [2.45, 2.75) is 40.7 Å². The van der Waals surface area contributed by atoms with E-state index >= 15 is 0 Å². The molecular weight excluding hydrogens is 328 g/mol. The lowest BCUT2D eigenvalue weighted by molar-refractivity contribution is -0.130. The van der Waals surface area contributed by atoms with E-state index in [-0.39, 0.29) is 12.2 Å². The third kappa shape index (κ3) is 4.66. The average Bonchev–Trinajstić information content (AvgIpc) is 2.62. The van der Waals surface area contributed by atoms with Gasteiger partial charge >= 0.3 is 5.97 Å². The highest BCUT2D eigenvalue weighted by molar-refractivity contribution is 6.15. The second-order valence-electron chi connectivity index (χ2n) is 6.19. The minimum atomic E-state index is -0.943. The standard InChI is InChI=1S/C22H26O4/c1-5-11-25-20-12-15(3)13-21(16(20)4)26-14-17-9-7-8-10-19(17)18(6-2)22(23)24/h6-10,12-13H,5,11,14H2,1-4H3,(H,23,24). The molecule has 26 heavy (non-hydrogen) atoms. The van der Waals surface area contributed by atoms with Crippen LogP contribution in [0.1, 0.15) is 42.5 Å². The summed E-state index contributed by atoms with van der Waals surface area (Å²) in [7, 11) is 0. The molecule has 0 aliphatic rings. The molecule has 0 spiro atoms. The molecule has 0 unspecified atom stereocenters. The van der Waals surface area contributed by atoms with Crippen molar-refractivity contribution in [2.75, 3.05) is 6.61 Å². The van der Waals surface area contributed by atoms with Crippen molar-refractivity contribution in [3.63, 3.8) is 0 Å². The minimum absolute atomic E-state index is 0.275. The van der Waals surface area contributed by atoms with Crippen molar-refractivity contribution in [2.24, 2.45) is 0 Å². The van der Waals surface area contributed by atoms with Crippen molar-refractivity contribution in [1.29, 1.82) is 0 Å². The number of rotatable bonds is 8. The zero-order valence-corrected chi connectivity index (χ0v) is 15.8. The molecule has 2 aromatic carbocycles. The van der Waals surface area contributed by atoms with E-state index in [1.807, 2.05) is 44.2 Å². The fourth-order valence-corrected chi connectivity index (χ4v) is 2.76. The van der Waals surface area contributed by atoms with E-state index in [2.05, 4.69) is 6.92 Å². The van der Waals surface area contributed by atoms with Gasteiger partial charge in [-0.05, 0) is 56.0 Å². The van der Waals surface area contributed by atoms with Gasteiger partial charge in [0.25, 0.3) is 0 Å². The number of ether oxygens (including phenoxy) is 2. The van der Waals surface area contributed by atoms with Crippen molar-refractivity contribution >= 4 is 11.5 Å². The predicted molar refractivity (Wildman–Crippen MR) is 104 cm³/mol. The van der Waals surface area contributed by atoms with Gasteiger partial charge < -0.3 is 14.6 Å². The number of carboxylic acids is 1. The monoisotopic (exact) mass is 354 g/mol. The summed E-state index contributed by atoms with van der Waals surface area (Å²) in [4.78, 5) is 11.5. The minimum Gasteiger partial charge on any atom is -0.493 e. The number of aliphatic carboxylic acids is 1. The number of allylic oxidation sites excluding steroid dienone is 1. The van der Waals surface area contributed by atoms with Crippen molar-refractivity contribution in [3.8, 4) is 11.5 Å². The molecular formula is C22H26O4. The molecule has 0 radical (unpaired) electrons. The van der Waals surface area contributed by atoms with Crippen LogP contribution in [0.4, 0.5) is 0 Å². The Bertz CT molecular complexity index is 806. The van der Waals surface area contributed by atoms with Gasteiger partial charge in [-0.15, -0.1) is 0 Å². The van der Waals surface area contributed by atoms with E-state index in [0.29, 0.717) is 12.2 Å². The lowest BCUT2D eigenvalue weighted by Crippen LogP contribution is -2.06. The van der Waals surface area contributed by atoms with E-state index < -0.39 is 5.97 Å². The first-order valence-corrected chi connectivity index (χ1v) is 8.82. The zero-order valence-electron chi connectivity index (χ0n) is 15.8. The fraction of sp³-hybridized carbons (Fsp3) is 0.318. The molecule has 0 aliphatic heterocycles.